The van der Waals surface area contributed by atoms with Crippen LogP contribution in [0.5, 0.6) is 5.75 Å². The number of carbonyl (C=O) groups is 1. The van der Waals surface area contributed by atoms with Crippen molar-refractivity contribution in [1.29, 1.82) is 0 Å². The van der Waals surface area contributed by atoms with Crippen molar-refractivity contribution in [3.63, 3.8) is 0 Å². The van der Waals surface area contributed by atoms with Gasteiger partial charge in [-0.3, -0.25) is 19.8 Å². The zero-order valence-corrected chi connectivity index (χ0v) is 74.2. The normalized spacial score (nSPS) is 10.2. The minimum atomic E-state index is -0.330. The topological polar surface area (TPSA) is 175 Å². The third-order valence-corrected chi connectivity index (χ3v) is 19.7. The molecule has 0 radical (unpaired) electrons. The molecule has 14 heteroatoms. The summed E-state index contributed by atoms with van der Waals surface area (Å²) in [6, 6.07) is 136. The molecule has 0 amide bonds. The van der Waals surface area contributed by atoms with E-state index in [4.69, 9.17) is 9.15 Å². The van der Waals surface area contributed by atoms with E-state index in [9.17, 15) is 9.59 Å². The van der Waals surface area contributed by atoms with Gasteiger partial charge in [-0.05, 0) is 165 Å². The number of benzene rings is 13. The minimum absolute atomic E-state index is 0.0793. The molecule has 18 rings (SSSR count). The molecule has 0 aliphatic rings. The third-order valence-electron chi connectivity index (χ3n) is 19.7. The highest BCUT2D eigenvalue weighted by Crippen LogP contribution is 2.26. The van der Waals surface area contributed by atoms with Crippen molar-refractivity contribution in [3.8, 4) is 28.3 Å². The van der Waals surface area contributed by atoms with Crippen LogP contribution < -0.4 is 10.4 Å². The van der Waals surface area contributed by atoms with E-state index in [1.54, 1.807) is 25.6 Å². The molecule has 0 saturated heterocycles. The van der Waals surface area contributed by atoms with Gasteiger partial charge in [0.1, 0.15) is 11.3 Å². The van der Waals surface area contributed by atoms with Gasteiger partial charge in [-0.25, -0.2) is 14.8 Å². The van der Waals surface area contributed by atoms with Crippen LogP contribution in [0.15, 0.2) is 478 Å². The van der Waals surface area contributed by atoms with E-state index < -0.39 is 0 Å². The zero-order chi connectivity index (χ0) is 90.1. The first kappa shape index (κ1) is 94.3. The molecule has 0 fully saturated rings. The molecule has 0 aliphatic carbocycles. The highest BCUT2D eigenvalue weighted by Gasteiger charge is 2.10. The van der Waals surface area contributed by atoms with Crippen LogP contribution in [-0.4, -0.2) is 50.2 Å². The number of nitrogens with zero attached hydrogens (tertiary/aromatic N) is 10. The fourth-order valence-corrected chi connectivity index (χ4v) is 12.5. The van der Waals surface area contributed by atoms with Gasteiger partial charge in [0.15, 0.2) is 11.6 Å². The van der Waals surface area contributed by atoms with Gasteiger partial charge in [-0.2, -0.15) is 10.2 Å². The average Bonchev–Trinajstić information content (AvgIpc) is 0.886. The van der Waals surface area contributed by atoms with Crippen LogP contribution in [0.4, 0.5) is 22.9 Å². The molecule has 0 unspecified atom stereocenters. The van der Waals surface area contributed by atoms with Crippen molar-refractivity contribution in [2.24, 2.45) is 25.4 Å². The van der Waals surface area contributed by atoms with Crippen molar-refractivity contribution in [2.45, 2.75) is 74.3 Å². The number of carbonyl (C=O) groups excluding carboxylic acids is 1. The molecule has 5 heterocycles. The number of azo groups is 2. The summed E-state index contributed by atoms with van der Waals surface area (Å²) in [6.07, 6.45) is 10.4. The van der Waals surface area contributed by atoms with E-state index in [0.717, 1.165) is 91.6 Å². The van der Waals surface area contributed by atoms with Crippen molar-refractivity contribution in [3.05, 3.63) is 532 Å². The van der Waals surface area contributed by atoms with Gasteiger partial charge in [0.2, 0.25) is 0 Å². The number of methoxy groups -OCH3 is 1. The van der Waals surface area contributed by atoms with E-state index in [-0.39, 0.29) is 11.4 Å². The Morgan fingerprint density at radius 1 is 0.398 bits per heavy atom. The maximum absolute atomic E-state index is 12.0. The SMILES string of the molecule is CC(c1ccccc1)c1ccccc1.CCc1cn(Cc2ccccc2)cn1.CN=C(c1ccccc1)c1ccccc1.COc1ccc2c(C)cc(=O)oc2c1.Cc1ccc(-c2ccccc2)cc1.Cc1ccc(-c2ccccn2)nc1.Cc1ccc(C(=O)c2ccccc2)cc1.Cc1ccc(N=Nc2ccccc2)cc1.Cc1ccc(N=Nc2ccccc2)nc1. The van der Waals surface area contributed by atoms with Crippen molar-refractivity contribution in [1.82, 2.24) is 24.5 Å². The summed E-state index contributed by atoms with van der Waals surface area (Å²) < 4.78 is 12.2. The van der Waals surface area contributed by atoms with Gasteiger partial charge in [-0.15, -0.1) is 10.2 Å². The predicted molar refractivity (Wildman–Crippen MR) is 527 cm³/mol. The largest absolute Gasteiger partial charge is 0.497 e. The molecule has 5 aromatic heterocycles. The van der Waals surface area contributed by atoms with E-state index in [1.807, 2.05) is 290 Å². The lowest BCUT2D eigenvalue weighted by Crippen LogP contribution is -2.02. The molecular weight excluding hydrogens is 1570 g/mol. The quantitative estimate of drug-likeness (QED) is 0.0397. The Bertz CT molecular complexity index is 6090. The summed E-state index contributed by atoms with van der Waals surface area (Å²) >= 11 is 0. The number of ether oxygens (including phenoxy) is 1. The summed E-state index contributed by atoms with van der Waals surface area (Å²) in [5.74, 6) is 1.88. The number of hydrogen-bond donors (Lipinski definition) is 0. The molecule has 0 spiro atoms. The Balaban J connectivity index is 0.000000150. The Kier molecular flexibility index (Phi) is 38.7. The maximum Gasteiger partial charge on any atom is 0.336 e. The van der Waals surface area contributed by atoms with Gasteiger partial charge in [0.05, 0.1) is 53.3 Å². The molecule has 0 atom stereocenters. The number of fused-ring (bicyclic) bond motifs is 1. The van der Waals surface area contributed by atoms with Gasteiger partial charge in [0.25, 0.3) is 0 Å². The van der Waals surface area contributed by atoms with Crippen LogP contribution in [0.3, 0.4) is 0 Å². The predicted octanol–water partition coefficient (Wildman–Crippen LogP) is 29.2. The van der Waals surface area contributed by atoms with Gasteiger partial charge in [-0.1, -0.05) is 358 Å². The molecule has 128 heavy (non-hydrogen) atoms. The van der Waals surface area contributed by atoms with Crippen molar-refractivity contribution in [2.75, 3.05) is 14.2 Å². The Morgan fingerprint density at radius 2 is 0.820 bits per heavy atom. The number of ketones is 1. The monoisotopic (exact) mass is 1680 g/mol. The van der Waals surface area contributed by atoms with Crippen LogP contribution in [0.1, 0.15) is 103 Å². The molecular formula is C114H108N10O4. The Morgan fingerprint density at radius 3 is 1.29 bits per heavy atom. The van der Waals surface area contributed by atoms with Crippen LogP contribution in [0.25, 0.3) is 33.5 Å². The van der Waals surface area contributed by atoms with Crippen LogP contribution in [0, 0.1) is 41.5 Å². The highest BCUT2D eigenvalue weighted by molar-refractivity contribution is 6.12. The van der Waals surface area contributed by atoms with E-state index in [0.29, 0.717) is 23.1 Å². The summed E-state index contributed by atoms with van der Waals surface area (Å²) in [7, 11) is 3.41. The number of aryl methyl sites for hydroxylation is 7. The Hall–Kier alpha value is -15.9. The van der Waals surface area contributed by atoms with E-state index >= 15 is 0 Å². The summed E-state index contributed by atoms with van der Waals surface area (Å²) in [4.78, 5) is 44.3. The molecule has 0 saturated carbocycles. The van der Waals surface area contributed by atoms with Gasteiger partial charge in [0, 0.05) is 84.1 Å². The number of rotatable bonds is 16. The lowest BCUT2D eigenvalue weighted by molar-refractivity contribution is 0.103. The van der Waals surface area contributed by atoms with Crippen molar-refractivity contribution < 1.29 is 13.9 Å². The first-order chi connectivity index (χ1) is 62.6. The Labute approximate surface area is 753 Å². The highest BCUT2D eigenvalue weighted by atomic mass is 16.5. The fraction of sp³-hybridized carbons (Fsp3) is 0.114. The molecule has 13 aromatic carbocycles. The third kappa shape index (κ3) is 32.7. The lowest BCUT2D eigenvalue weighted by atomic mass is 9.93. The van der Waals surface area contributed by atoms with E-state index in [1.165, 1.54) is 56.1 Å². The second kappa shape index (κ2) is 52.5. The first-order valence-corrected chi connectivity index (χ1v) is 42.4. The standard InChI is InChI=1S/C14H13N.C14H12O.C14H14.C13H12N2.C13H12.C12H11N3.C12H14N2.C11H10N2.C11H10O3/c1-15-14(12-8-4-2-5-9-12)13-10-6-3-7-11-13;1-11-7-9-13(10-8-11)14(15)12-5-3-2-4-6-12;1-12(13-8-4-2-5-9-13)14-10-6-3-7-11-14;1-11-7-9-13(10-8-11)15-14-12-5-3-2-4-6-12;1-11-7-9-13(10-8-11)12-5-3-2-4-6-12;1-10-7-8-12(13-9-10)15-14-11-5-3-2-4-6-11;1-2-12-9-14(10-13-12)8-11-6-4-3-5-7-11;1-9-5-6-11(13-8-9)10-4-2-3-7-12-10;1-7-5-11(12)14-10-6-8(13-2)3-4-9(7)10/h2-11H,1H3;2-10H,1H3;2-12H,1H3;2-10H,1H3;2-10H,1H3;2-9H,1H3;3-7,9-10H,2,8H2,1H3;2-8H,1H3;3-6H,1-2H3. The van der Waals surface area contributed by atoms with Crippen molar-refractivity contribution >= 4 is 45.3 Å². The summed E-state index contributed by atoms with van der Waals surface area (Å²) in [5.41, 5.74) is 24.2. The number of imidazole rings is 1. The van der Waals surface area contributed by atoms with Crippen LogP contribution >= 0.6 is 0 Å². The summed E-state index contributed by atoms with van der Waals surface area (Å²) in [5, 5.41) is 17.3. The van der Waals surface area contributed by atoms with Crippen LogP contribution in [0.2, 0.25) is 0 Å². The fourth-order valence-electron chi connectivity index (χ4n) is 12.5. The van der Waals surface area contributed by atoms with Crippen LogP contribution in [-0.2, 0) is 13.0 Å². The zero-order valence-electron chi connectivity index (χ0n) is 74.2. The average molecular weight is 1680 g/mol. The molecule has 638 valence electrons. The van der Waals surface area contributed by atoms with Gasteiger partial charge < -0.3 is 13.7 Å². The number of hydrogen-bond acceptors (Lipinski definition) is 13. The van der Waals surface area contributed by atoms with Gasteiger partial charge >= 0.3 is 5.63 Å². The number of pyridine rings is 3. The molecule has 14 nitrogen and oxygen atoms in total. The minimum Gasteiger partial charge on any atom is -0.497 e. The lowest BCUT2D eigenvalue weighted by Gasteiger charge is -2.11. The van der Waals surface area contributed by atoms with E-state index in [2.05, 4.69) is 242 Å². The molecule has 0 bridgehead atoms. The first-order valence-electron chi connectivity index (χ1n) is 42.4. The molecule has 0 aliphatic heterocycles. The number of aromatic nitrogens is 5. The smallest absolute Gasteiger partial charge is 0.336 e. The molecule has 18 aromatic rings. The molecule has 0 N–H and O–H groups in total. The summed E-state index contributed by atoms with van der Waals surface area (Å²) in [6.45, 7) is 17.3. The second-order valence-corrected chi connectivity index (χ2v) is 29.7. The second-order valence-electron chi connectivity index (χ2n) is 29.7. The maximum atomic E-state index is 12.0. The number of aliphatic imine (C=N–C) groups is 1.